The summed E-state index contributed by atoms with van der Waals surface area (Å²) in [6, 6.07) is 0. The largest absolute Gasteiger partial charge is 0.481 e. The summed E-state index contributed by atoms with van der Waals surface area (Å²) < 4.78 is 44.8. The second kappa shape index (κ2) is 34.9. The van der Waals surface area contributed by atoms with Crippen LogP contribution in [0.3, 0.4) is 0 Å². The van der Waals surface area contributed by atoms with E-state index in [9.17, 15) is 58.5 Å². The van der Waals surface area contributed by atoms with Crippen molar-refractivity contribution in [3.05, 3.63) is 0 Å². The number of carboxylic acid groups (broad SMARTS) is 1. The molecule has 672 valence electrons. The molecule has 0 aromatic rings. The van der Waals surface area contributed by atoms with Gasteiger partial charge in [0.2, 0.25) is 6.10 Å². The van der Waals surface area contributed by atoms with Crippen molar-refractivity contribution in [1.29, 1.82) is 0 Å². The first-order valence-corrected chi connectivity index (χ1v) is 46.6. The second-order valence-corrected chi connectivity index (χ2v) is 46.0. The summed E-state index contributed by atoms with van der Waals surface area (Å²) in [6.07, 6.45) is 30.8. The summed E-state index contributed by atoms with van der Waals surface area (Å²) in [7, 11) is 0. The van der Waals surface area contributed by atoms with E-state index >= 15 is 0 Å². The van der Waals surface area contributed by atoms with Gasteiger partial charge in [-0.15, -0.1) is 0 Å². The number of cyclic esters (lactones) is 1. The number of esters is 8. The number of ether oxygens (including phenoxy) is 8. The molecule has 118 heavy (non-hydrogen) atoms. The van der Waals surface area contributed by atoms with E-state index < -0.39 is 62.1 Å². The van der Waals surface area contributed by atoms with Crippen molar-refractivity contribution < 1.29 is 101 Å². The lowest BCUT2D eigenvalue weighted by Gasteiger charge is -2.62. The zero-order valence-corrected chi connectivity index (χ0v) is 77.1. The van der Waals surface area contributed by atoms with E-state index in [1.807, 2.05) is 96.9 Å². The normalized spacial score (nSPS) is 38.7. The van der Waals surface area contributed by atoms with Gasteiger partial charge in [-0.05, 0) is 343 Å². The Hall–Kier alpha value is -4.89. The Balaban J connectivity index is 0.000000147. The minimum absolute atomic E-state index is 0.00857. The van der Waals surface area contributed by atoms with Gasteiger partial charge in [0, 0.05) is 49.4 Å². The monoisotopic (exact) mass is 1660 g/mol. The molecule has 2 heterocycles. The molecule has 0 spiro atoms. The molecule has 20 fully saturated rings. The summed E-state index contributed by atoms with van der Waals surface area (Å²) in [5, 5.41) is 40.4. The van der Waals surface area contributed by atoms with Crippen molar-refractivity contribution in [3.63, 3.8) is 0 Å². The van der Waals surface area contributed by atoms with E-state index in [0.29, 0.717) is 87.1 Å². The van der Waals surface area contributed by atoms with E-state index in [2.05, 4.69) is 34.6 Å². The molecule has 20 aliphatic rings. The fraction of sp³-hybridized carbons (Fsp3) is 0.907. The van der Waals surface area contributed by atoms with Crippen LogP contribution in [-0.4, -0.2) is 138 Å². The summed E-state index contributed by atoms with van der Waals surface area (Å²) in [6.45, 7) is 45.4. The minimum Gasteiger partial charge on any atom is -0.481 e. The van der Waals surface area contributed by atoms with Gasteiger partial charge in [-0.25, -0.2) is 4.79 Å². The average Bonchev–Trinajstić information content (AvgIpc) is 1.15. The molecule has 0 aromatic heterocycles. The van der Waals surface area contributed by atoms with Crippen LogP contribution in [0, 0.1) is 121 Å². The van der Waals surface area contributed by atoms with Crippen LogP contribution in [0.2, 0.25) is 0 Å². The molecule has 4 N–H and O–H groups in total. The maximum atomic E-state index is 12.6. The van der Waals surface area contributed by atoms with Gasteiger partial charge in [0.15, 0.2) is 0 Å². The number of aliphatic carboxylic acids is 1. The highest BCUT2D eigenvalue weighted by atomic mass is 16.6. The van der Waals surface area contributed by atoms with Gasteiger partial charge in [-0.2, -0.15) is 0 Å². The highest BCUT2D eigenvalue weighted by molar-refractivity contribution is 5.83. The average molecular weight is 1660 g/mol. The third kappa shape index (κ3) is 20.5. The van der Waals surface area contributed by atoms with Crippen LogP contribution >= 0.6 is 0 Å². The van der Waals surface area contributed by atoms with Crippen LogP contribution in [0.4, 0.5) is 0 Å². The molecule has 21 heteroatoms. The third-order valence-corrected chi connectivity index (χ3v) is 33.8. The molecular weight excluding hydrogens is 1500 g/mol. The molecule has 18 saturated carbocycles. The van der Waals surface area contributed by atoms with Gasteiger partial charge in [0.05, 0.1) is 67.7 Å². The van der Waals surface area contributed by atoms with Crippen LogP contribution in [0.25, 0.3) is 0 Å². The molecular formula is C97H158O21. The number of rotatable bonds is 21. The summed E-state index contributed by atoms with van der Waals surface area (Å²) in [4.78, 5) is 106. The van der Waals surface area contributed by atoms with Crippen molar-refractivity contribution in [2.24, 2.45) is 121 Å². The summed E-state index contributed by atoms with van der Waals surface area (Å²) in [5.41, 5.74) is -6.16. The highest BCUT2D eigenvalue weighted by Crippen LogP contribution is 2.67. The van der Waals surface area contributed by atoms with Gasteiger partial charge < -0.3 is 58.3 Å². The molecule has 11 atom stereocenters. The number of carboxylic acids is 1. The first kappa shape index (κ1) is 95.3. The van der Waals surface area contributed by atoms with Crippen LogP contribution in [-0.2, 0) is 81.0 Å². The maximum absolute atomic E-state index is 12.6. The van der Waals surface area contributed by atoms with Crippen molar-refractivity contribution in [2.45, 2.75) is 429 Å². The highest BCUT2D eigenvalue weighted by Gasteiger charge is 2.67. The number of carbonyl (C=O) groups excluding carboxylic acids is 8. The van der Waals surface area contributed by atoms with E-state index in [-0.39, 0.29) is 105 Å². The Morgan fingerprint density at radius 3 is 1.26 bits per heavy atom. The number of hydrogen-bond acceptors (Lipinski definition) is 20. The van der Waals surface area contributed by atoms with E-state index in [1.165, 1.54) is 77.0 Å². The van der Waals surface area contributed by atoms with Crippen molar-refractivity contribution in [1.82, 2.24) is 0 Å². The quantitative estimate of drug-likeness (QED) is 0.0613. The van der Waals surface area contributed by atoms with Crippen LogP contribution in [0.1, 0.15) is 371 Å². The molecule has 18 bridgehead atoms. The van der Waals surface area contributed by atoms with Gasteiger partial charge in [-0.3, -0.25) is 38.4 Å². The Morgan fingerprint density at radius 2 is 0.847 bits per heavy atom. The zero-order valence-electron chi connectivity index (χ0n) is 77.1. The Labute approximate surface area is 707 Å². The third-order valence-electron chi connectivity index (χ3n) is 33.8. The van der Waals surface area contributed by atoms with E-state index in [4.69, 9.17) is 43.0 Å². The molecule has 0 radical (unpaired) electrons. The zero-order chi connectivity index (χ0) is 87.7. The number of carbonyl (C=O) groups is 9. The van der Waals surface area contributed by atoms with Crippen LogP contribution in [0.5, 0.6) is 0 Å². The number of fused-ring (bicyclic) bond motifs is 1. The maximum Gasteiger partial charge on any atom is 0.347 e. The van der Waals surface area contributed by atoms with E-state index in [1.54, 1.807) is 27.7 Å². The number of hydrogen-bond donors (Lipinski definition) is 4. The smallest absolute Gasteiger partial charge is 0.347 e. The van der Waals surface area contributed by atoms with Gasteiger partial charge in [-0.1, -0.05) is 55.4 Å². The van der Waals surface area contributed by atoms with Crippen LogP contribution in [0.15, 0.2) is 0 Å². The lowest BCUT2D eigenvalue weighted by atomic mass is 9.46. The second-order valence-electron chi connectivity index (χ2n) is 46.0. The van der Waals surface area contributed by atoms with Crippen LogP contribution < -0.4 is 0 Å². The predicted octanol–water partition coefficient (Wildman–Crippen LogP) is 18.7. The predicted molar refractivity (Wildman–Crippen MR) is 447 cm³/mol. The summed E-state index contributed by atoms with van der Waals surface area (Å²) >= 11 is 0. The number of aliphatic hydroxyl groups is 3. The standard InChI is InChI=1S/C19H32O2.C17H28O2.C16H26O4.C16H26O3.C13H18O4.C10H16O4.C6H12O2/c1-6-17(2,3)16(20)21-18(4,5)19-10-13-7-14(11-19)9-15(8-13)12-19;1-5-16(2,3)15(18)19-17(4)13-7-11-6-12(9-13)10-14(17)8-11;1-4-13(2,3)12(17)20-16-7-11-5-14(18,9-16)8-15(19,6-11)10-16;1-4-14(2,3)13(17)19-16-8-11-5-12(9-16)7-15(18,6-11)10-16;1-3-6(2)12(14)16-10-7-4-8-9(5-7)13(15)17-11(8)10;1-4-10(2,3)9(12)14-7-5-6-13-8(7)11;1-4-6(2,3)5(7)8/h13-15H,6-12H2,1-5H3;11-14H,5-10H2,1-4H3;11,18-19H,4-10H2,1-3H3;11-12,18H,4-10H2,1-3H3;6-11H,3-5H2,1-2H3;7H,4-6H2,1-3H3;4H2,1-3H3,(H,7,8). The molecule has 21 nitrogen and oxygen atoms in total. The van der Waals surface area contributed by atoms with E-state index in [0.717, 1.165) is 119 Å². The lowest BCUT2D eigenvalue weighted by Crippen LogP contribution is -2.67. The van der Waals surface area contributed by atoms with Gasteiger partial charge in [0.1, 0.15) is 34.6 Å². The fourth-order valence-electron chi connectivity index (χ4n) is 24.5. The molecule has 2 aliphatic heterocycles. The van der Waals surface area contributed by atoms with Gasteiger partial charge >= 0.3 is 53.7 Å². The van der Waals surface area contributed by atoms with Crippen molar-refractivity contribution >= 4 is 53.7 Å². The SMILES string of the molecule is CCC(C)(C)C(=O)O.CCC(C)(C)C(=O)OC(C)(C)C12CC3CC(CC(C3)C1)C2.CCC(C)(C)C(=O)OC1(C)C2CC3CC(C2)CC1C3.CCC(C)(C)C(=O)OC12CC3CC(CC(O)(C3)C1)C2.CCC(C)(C)C(=O)OC12CC3CC(O)(CC(O)(C3)C1)C2.CCC(C)(C)C(=O)OC1CCOC1=O.CCC(C)C(=O)OC1C2CC3C(=O)OC1C3C2. The summed E-state index contributed by atoms with van der Waals surface area (Å²) in [5.74, 6) is 5.88. The molecule has 20 rings (SSSR count). The molecule has 0 amide bonds. The molecule has 0 aromatic carbocycles. The Bertz CT molecular complexity index is 3530. The van der Waals surface area contributed by atoms with Gasteiger partial charge in [0.25, 0.3) is 0 Å². The molecule has 2 saturated heterocycles. The lowest BCUT2D eigenvalue weighted by molar-refractivity contribution is -0.264. The van der Waals surface area contributed by atoms with Crippen molar-refractivity contribution in [2.75, 3.05) is 6.61 Å². The minimum atomic E-state index is -0.842. The molecule has 11 unspecified atom stereocenters. The molecule has 18 aliphatic carbocycles. The first-order chi connectivity index (χ1) is 54.5. The Kier molecular flexibility index (Phi) is 28.2. The Morgan fingerprint density at radius 1 is 0.441 bits per heavy atom. The van der Waals surface area contributed by atoms with Crippen molar-refractivity contribution in [3.8, 4) is 0 Å². The first-order valence-electron chi connectivity index (χ1n) is 46.6. The fourth-order valence-corrected chi connectivity index (χ4v) is 24.5. The topological polar surface area (TPSA) is 308 Å².